The Labute approximate surface area is 125 Å². The molecule has 1 aliphatic heterocycles. The summed E-state index contributed by atoms with van der Waals surface area (Å²) in [6.45, 7) is 4.36. The van der Waals surface area contributed by atoms with Crippen LogP contribution >= 0.6 is 23.1 Å². The van der Waals surface area contributed by atoms with Gasteiger partial charge in [-0.15, -0.1) is 23.1 Å². The van der Waals surface area contributed by atoms with Crippen molar-refractivity contribution in [2.24, 2.45) is 5.92 Å². The van der Waals surface area contributed by atoms with E-state index in [1.807, 2.05) is 13.8 Å². The van der Waals surface area contributed by atoms with E-state index in [-0.39, 0.29) is 17.3 Å². The Morgan fingerprint density at radius 1 is 1.60 bits per heavy atom. The van der Waals surface area contributed by atoms with Gasteiger partial charge in [0.05, 0.1) is 17.4 Å². The quantitative estimate of drug-likeness (QED) is 0.886. The first-order valence-corrected chi connectivity index (χ1v) is 8.21. The van der Waals surface area contributed by atoms with Crippen LogP contribution < -0.4 is 5.32 Å². The number of carbonyl (C=O) groups is 2. The van der Waals surface area contributed by atoms with Gasteiger partial charge in [-0.1, -0.05) is 13.8 Å². The first kappa shape index (κ1) is 15.1. The van der Waals surface area contributed by atoms with E-state index in [0.717, 1.165) is 4.88 Å². The number of thioether (sulfide) groups is 1. The van der Waals surface area contributed by atoms with Gasteiger partial charge in [0.2, 0.25) is 0 Å². The summed E-state index contributed by atoms with van der Waals surface area (Å²) in [5, 5.41) is 11.9. The normalized spacial score (nSPS) is 22.2. The minimum absolute atomic E-state index is 0.0995. The van der Waals surface area contributed by atoms with Crippen molar-refractivity contribution in [2.45, 2.75) is 31.8 Å². The second-order valence-electron chi connectivity index (χ2n) is 4.86. The van der Waals surface area contributed by atoms with E-state index in [1.165, 1.54) is 28.0 Å². The zero-order valence-electron chi connectivity index (χ0n) is 11.3. The summed E-state index contributed by atoms with van der Waals surface area (Å²) in [7, 11) is 0. The maximum Gasteiger partial charge on any atom is 0.327 e. The lowest BCUT2D eigenvalue weighted by molar-refractivity contribution is -0.141. The molecule has 0 radical (unpaired) electrons. The second kappa shape index (κ2) is 6.45. The van der Waals surface area contributed by atoms with Gasteiger partial charge in [-0.25, -0.2) is 9.59 Å². The Bertz CT molecular complexity index is 478. The van der Waals surface area contributed by atoms with Crippen molar-refractivity contribution in [3.05, 3.63) is 16.6 Å². The number of rotatable bonds is 4. The van der Waals surface area contributed by atoms with Crippen LogP contribution in [-0.2, 0) is 11.3 Å². The predicted octanol–water partition coefficient (Wildman–Crippen LogP) is 1.84. The molecule has 0 bridgehead atoms. The van der Waals surface area contributed by atoms with Gasteiger partial charge in [0, 0.05) is 16.8 Å². The number of aliphatic carboxylic acids is 1. The van der Waals surface area contributed by atoms with Crippen LogP contribution in [0.2, 0.25) is 0 Å². The zero-order chi connectivity index (χ0) is 14.7. The molecular weight excluding hydrogens is 298 g/mol. The molecule has 0 spiro atoms. The Hall–Kier alpha value is -1.28. The van der Waals surface area contributed by atoms with E-state index in [1.54, 1.807) is 11.7 Å². The number of nitrogens with zero attached hydrogens (tertiary/aromatic N) is 2. The third kappa shape index (κ3) is 3.24. The van der Waals surface area contributed by atoms with Crippen LogP contribution in [0.1, 0.15) is 18.7 Å². The van der Waals surface area contributed by atoms with Crippen molar-refractivity contribution in [1.29, 1.82) is 0 Å². The first-order valence-electron chi connectivity index (χ1n) is 6.28. The lowest BCUT2D eigenvalue weighted by atomic mass is 10.2. The number of nitrogens with one attached hydrogen (secondary N) is 1. The standard InChI is InChI=1S/C12H17N3O3S2/c1-7(2)10-15(9(5-19-10)11(16)17)12(18)14-4-8-3-13-6-20-8/h3,6-7,9-10H,4-5H2,1-2H3,(H,14,18)(H,16,17). The van der Waals surface area contributed by atoms with Gasteiger partial charge in [-0.05, 0) is 5.92 Å². The highest BCUT2D eigenvalue weighted by Crippen LogP contribution is 2.34. The summed E-state index contributed by atoms with van der Waals surface area (Å²) in [5.41, 5.74) is 1.70. The Kier molecular flexibility index (Phi) is 4.87. The average molecular weight is 315 g/mol. The number of carboxylic acids is 1. The summed E-state index contributed by atoms with van der Waals surface area (Å²) in [6.07, 6.45) is 1.69. The molecule has 8 heteroatoms. The van der Waals surface area contributed by atoms with Crippen LogP contribution in [0.4, 0.5) is 4.79 Å². The van der Waals surface area contributed by atoms with Gasteiger partial charge >= 0.3 is 12.0 Å². The highest BCUT2D eigenvalue weighted by molar-refractivity contribution is 8.00. The summed E-state index contributed by atoms with van der Waals surface area (Å²) in [4.78, 5) is 29.9. The van der Waals surface area contributed by atoms with E-state index in [9.17, 15) is 14.7 Å². The van der Waals surface area contributed by atoms with Crippen molar-refractivity contribution in [3.8, 4) is 0 Å². The number of aromatic nitrogens is 1. The molecule has 20 heavy (non-hydrogen) atoms. The number of amides is 2. The zero-order valence-corrected chi connectivity index (χ0v) is 12.9. The third-order valence-corrected chi connectivity index (χ3v) is 5.42. The van der Waals surface area contributed by atoms with E-state index in [0.29, 0.717) is 12.3 Å². The summed E-state index contributed by atoms with van der Waals surface area (Å²) < 4.78 is 0. The summed E-state index contributed by atoms with van der Waals surface area (Å²) in [6, 6.07) is -1.08. The molecule has 0 aromatic carbocycles. The fraction of sp³-hybridized carbons (Fsp3) is 0.583. The first-order chi connectivity index (χ1) is 9.50. The van der Waals surface area contributed by atoms with Gasteiger partial charge in [-0.2, -0.15) is 0 Å². The molecule has 2 amide bonds. The van der Waals surface area contributed by atoms with Gasteiger partial charge < -0.3 is 10.4 Å². The molecule has 2 heterocycles. The van der Waals surface area contributed by atoms with Gasteiger partial charge in [0.1, 0.15) is 6.04 Å². The van der Waals surface area contributed by atoms with Crippen LogP contribution in [0, 0.1) is 5.92 Å². The number of hydrogen-bond acceptors (Lipinski definition) is 5. The fourth-order valence-corrected chi connectivity index (χ4v) is 4.08. The Balaban J connectivity index is 2.04. The van der Waals surface area contributed by atoms with Crippen molar-refractivity contribution < 1.29 is 14.7 Å². The molecule has 1 saturated heterocycles. The van der Waals surface area contributed by atoms with E-state index in [2.05, 4.69) is 10.3 Å². The average Bonchev–Trinajstić information content (AvgIpc) is 3.04. The lowest BCUT2D eigenvalue weighted by Crippen LogP contribution is -2.51. The van der Waals surface area contributed by atoms with Crippen LogP contribution in [0.3, 0.4) is 0 Å². The molecule has 2 atom stereocenters. The lowest BCUT2D eigenvalue weighted by Gasteiger charge is -2.29. The molecule has 6 nitrogen and oxygen atoms in total. The predicted molar refractivity (Wildman–Crippen MR) is 78.7 cm³/mol. The number of hydrogen-bond donors (Lipinski definition) is 2. The van der Waals surface area contributed by atoms with Crippen LogP contribution in [-0.4, -0.2) is 44.2 Å². The number of thiazole rings is 1. The maximum atomic E-state index is 12.3. The SMILES string of the molecule is CC(C)C1SCC(C(=O)O)N1C(=O)NCc1cncs1. The van der Waals surface area contributed by atoms with E-state index in [4.69, 9.17) is 0 Å². The Morgan fingerprint density at radius 3 is 2.90 bits per heavy atom. The van der Waals surface area contributed by atoms with Gasteiger partial charge in [0.15, 0.2) is 0 Å². The molecular formula is C12H17N3O3S2. The summed E-state index contributed by atoms with van der Waals surface area (Å²) >= 11 is 2.98. The fourth-order valence-electron chi connectivity index (χ4n) is 2.07. The third-order valence-electron chi connectivity index (χ3n) is 3.02. The molecule has 1 aromatic rings. The van der Waals surface area contributed by atoms with Crippen LogP contribution in [0.25, 0.3) is 0 Å². The molecule has 2 rings (SSSR count). The van der Waals surface area contributed by atoms with Gasteiger partial charge in [-0.3, -0.25) is 9.88 Å². The number of carbonyl (C=O) groups excluding carboxylic acids is 1. The highest BCUT2D eigenvalue weighted by atomic mass is 32.2. The minimum atomic E-state index is -0.950. The maximum absolute atomic E-state index is 12.3. The second-order valence-corrected chi connectivity index (χ2v) is 6.98. The molecule has 0 saturated carbocycles. The van der Waals surface area contributed by atoms with Crippen molar-refractivity contribution >= 4 is 35.1 Å². The topological polar surface area (TPSA) is 82.5 Å². The van der Waals surface area contributed by atoms with Crippen molar-refractivity contribution in [2.75, 3.05) is 5.75 Å². The van der Waals surface area contributed by atoms with Crippen LogP contribution in [0.5, 0.6) is 0 Å². The summed E-state index contributed by atoms with van der Waals surface area (Å²) in [5.74, 6) is -0.307. The molecule has 1 aliphatic rings. The highest BCUT2D eigenvalue weighted by Gasteiger charge is 2.42. The van der Waals surface area contributed by atoms with Crippen LogP contribution in [0.15, 0.2) is 11.7 Å². The monoisotopic (exact) mass is 315 g/mol. The van der Waals surface area contributed by atoms with Crippen molar-refractivity contribution in [3.63, 3.8) is 0 Å². The van der Waals surface area contributed by atoms with E-state index >= 15 is 0 Å². The number of urea groups is 1. The molecule has 1 fully saturated rings. The molecule has 2 unspecified atom stereocenters. The van der Waals surface area contributed by atoms with Crippen molar-refractivity contribution in [1.82, 2.24) is 15.2 Å². The minimum Gasteiger partial charge on any atom is -0.480 e. The molecule has 110 valence electrons. The molecule has 1 aromatic heterocycles. The largest absolute Gasteiger partial charge is 0.480 e. The van der Waals surface area contributed by atoms with Gasteiger partial charge in [0.25, 0.3) is 0 Å². The number of carboxylic acid groups (broad SMARTS) is 1. The smallest absolute Gasteiger partial charge is 0.327 e. The molecule has 2 N–H and O–H groups in total. The molecule has 0 aliphatic carbocycles. The Morgan fingerprint density at radius 2 is 2.35 bits per heavy atom. The van der Waals surface area contributed by atoms with E-state index < -0.39 is 12.0 Å².